The number of fused-ring (bicyclic) bond motifs is 2. The molecule has 1 heterocycles. The number of aromatic nitrogens is 2. The number of methoxy groups -OCH3 is 1. The van der Waals surface area contributed by atoms with Crippen LogP contribution in [0.3, 0.4) is 0 Å². The molecule has 4 nitrogen and oxygen atoms in total. The first-order valence-electron chi connectivity index (χ1n) is 11.4. The Hall–Kier alpha value is -3.63. The fourth-order valence-corrected chi connectivity index (χ4v) is 4.51. The number of aryl methyl sites for hydroxylation is 3. The van der Waals surface area contributed by atoms with E-state index in [2.05, 4.69) is 84.3 Å². The van der Waals surface area contributed by atoms with E-state index in [-0.39, 0.29) is 0 Å². The minimum Gasteiger partial charge on any atom is -0.491 e. The van der Waals surface area contributed by atoms with Crippen molar-refractivity contribution in [2.45, 2.75) is 19.8 Å². The standard InChI is InChI=1S/C29H28N2O2/c1-21-30-27-12-6-7-13-28(27)31(21)24-19-23(16-15-22-9-4-3-5-10-22)25-11-8-14-29(26(25)20-24)33-18-17-32-2/h3-14,19-20H,15-18H2,1-2H3. The number of imidazole rings is 1. The van der Waals surface area contributed by atoms with E-state index in [9.17, 15) is 0 Å². The van der Waals surface area contributed by atoms with Crippen LogP contribution in [0.4, 0.5) is 0 Å². The van der Waals surface area contributed by atoms with Crippen LogP contribution in [0.5, 0.6) is 5.75 Å². The first-order chi connectivity index (χ1) is 16.2. The molecule has 0 aliphatic heterocycles. The molecular formula is C29H28N2O2. The van der Waals surface area contributed by atoms with Gasteiger partial charge in [-0.1, -0.05) is 54.6 Å². The predicted octanol–water partition coefficient (Wildman–Crippen LogP) is 6.30. The van der Waals surface area contributed by atoms with E-state index in [4.69, 9.17) is 14.5 Å². The summed E-state index contributed by atoms with van der Waals surface area (Å²) < 4.78 is 13.6. The highest BCUT2D eigenvalue weighted by Crippen LogP contribution is 2.33. The van der Waals surface area contributed by atoms with Crippen molar-refractivity contribution in [1.82, 2.24) is 9.55 Å². The van der Waals surface area contributed by atoms with Gasteiger partial charge in [-0.25, -0.2) is 4.98 Å². The van der Waals surface area contributed by atoms with Gasteiger partial charge in [0.1, 0.15) is 18.2 Å². The summed E-state index contributed by atoms with van der Waals surface area (Å²) in [6, 6.07) is 29.8. The van der Waals surface area contributed by atoms with Gasteiger partial charge in [-0.2, -0.15) is 0 Å². The molecule has 33 heavy (non-hydrogen) atoms. The second-order valence-electron chi connectivity index (χ2n) is 8.27. The number of rotatable bonds is 8. The molecule has 0 amide bonds. The lowest BCUT2D eigenvalue weighted by atomic mass is 9.97. The van der Waals surface area contributed by atoms with E-state index < -0.39 is 0 Å². The number of benzene rings is 4. The van der Waals surface area contributed by atoms with Crippen molar-refractivity contribution in [2.75, 3.05) is 20.3 Å². The van der Waals surface area contributed by atoms with Gasteiger partial charge in [-0.05, 0) is 66.6 Å². The molecule has 0 saturated carbocycles. The number of ether oxygens (including phenoxy) is 2. The van der Waals surface area contributed by atoms with Crippen molar-refractivity contribution in [2.24, 2.45) is 0 Å². The Labute approximate surface area is 194 Å². The monoisotopic (exact) mass is 436 g/mol. The van der Waals surface area contributed by atoms with Gasteiger partial charge in [-0.15, -0.1) is 0 Å². The van der Waals surface area contributed by atoms with E-state index in [1.54, 1.807) is 7.11 Å². The van der Waals surface area contributed by atoms with Crippen LogP contribution in [0.1, 0.15) is 17.0 Å². The van der Waals surface area contributed by atoms with Gasteiger partial charge < -0.3 is 9.47 Å². The number of para-hydroxylation sites is 2. The average molecular weight is 437 g/mol. The van der Waals surface area contributed by atoms with Gasteiger partial charge >= 0.3 is 0 Å². The highest BCUT2D eigenvalue weighted by atomic mass is 16.5. The zero-order valence-electron chi connectivity index (χ0n) is 19.1. The number of nitrogens with zero attached hydrogens (tertiary/aromatic N) is 2. The Morgan fingerprint density at radius 2 is 1.61 bits per heavy atom. The highest BCUT2D eigenvalue weighted by molar-refractivity contribution is 5.93. The Balaban J connectivity index is 1.65. The summed E-state index contributed by atoms with van der Waals surface area (Å²) >= 11 is 0. The third kappa shape index (κ3) is 4.35. The minimum absolute atomic E-state index is 0.520. The van der Waals surface area contributed by atoms with Crippen molar-refractivity contribution >= 4 is 21.8 Å². The lowest BCUT2D eigenvalue weighted by Crippen LogP contribution is -2.05. The summed E-state index contributed by atoms with van der Waals surface area (Å²) in [7, 11) is 1.69. The third-order valence-electron chi connectivity index (χ3n) is 6.08. The maximum Gasteiger partial charge on any atom is 0.127 e. The van der Waals surface area contributed by atoms with E-state index >= 15 is 0 Å². The molecule has 4 heteroatoms. The number of hydrogen-bond acceptors (Lipinski definition) is 3. The molecule has 0 fully saturated rings. The molecular weight excluding hydrogens is 408 g/mol. The van der Waals surface area contributed by atoms with Crippen molar-refractivity contribution in [3.8, 4) is 11.4 Å². The van der Waals surface area contributed by atoms with Crippen LogP contribution >= 0.6 is 0 Å². The van der Waals surface area contributed by atoms with Gasteiger partial charge in [0.15, 0.2) is 0 Å². The van der Waals surface area contributed by atoms with Crippen molar-refractivity contribution < 1.29 is 9.47 Å². The molecule has 0 unspecified atom stereocenters. The Morgan fingerprint density at radius 1 is 0.788 bits per heavy atom. The molecule has 0 N–H and O–H groups in total. The SMILES string of the molecule is COCCOc1cccc2c(CCc3ccccc3)cc(-n3c(C)nc4ccccc43)cc12. The molecule has 0 radical (unpaired) electrons. The molecule has 0 aliphatic carbocycles. The zero-order chi connectivity index (χ0) is 22.6. The summed E-state index contributed by atoms with van der Waals surface area (Å²) in [5.41, 5.74) is 5.87. The Kier molecular flexibility index (Phi) is 6.09. The Morgan fingerprint density at radius 3 is 2.45 bits per heavy atom. The summed E-state index contributed by atoms with van der Waals surface area (Å²) in [4.78, 5) is 4.79. The maximum absolute atomic E-state index is 6.12. The molecule has 1 aromatic heterocycles. The molecule has 5 rings (SSSR count). The second kappa shape index (κ2) is 9.47. The molecule has 166 valence electrons. The van der Waals surface area contributed by atoms with Crippen LogP contribution in [0, 0.1) is 6.92 Å². The van der Waals surface area contributed by atoms with Crippen molar-refractivity contribution in [1.29, 1.82) is 0 Å². The number of hydrogen-bond donors (Lipinski definition) is 0. The molecule has 0 saturated heterocycles. The van der Waals surface area contributed by atoms with Crippen LogP contribution in [0.2, 0.25) is 0 Å². The summed E-state index contributed by atoms with van der Waals surface area (Å²) in [5, 5.41) is 2.35. The normalized spacial score (nSPS) is 11.3. The van der Waals surface area contributed by atoms with Crippen LogP contribution in [0.15, 0.2) is 84.9 Å². The first-order valence-corrected chi connectivity index (χ1v) is 11.4. The lowest BCUT2D eigenvalue weighted by Gasteiger charge is -2.16. The van der Waals surface area contributed by atoms with Crippen molar-refractivity contribution in [3.05, 3.63) is 102 Å². The second-order valence-corrected chi connectivity index (χ2v) is 8.27. The quantitative estimate of drug-likeness (QED) is 0.268. The molecule has 0 bridgehead atoms. The fraction of sp³-hybridized carbons (Fsp3) is 0.207. The zero-order valence-corrected chi connectivity index (χ0v) is 19.1. The van der Waals surface area contributed by atoms with Gasteiger partial charge in [0, 0.05) is 18.2 Å². The van der Waals surface area contributed by atoms with E-state index in [0.29, 0.717) is 13.2 Å². The minimum atomic E-state index is 0.520. The van der Waals surface area contributed by atoms with Gasteiger partial charge in [0.25, 0.3) is 0 Å². The topological polar surface area (TPSA) is 36.3 Å². The average Bonchev–Trinajstić information content (AvgIpc) is 3.19. The van der Waals surface area contributed by atoms with E-state index in [0.717, 1.165) is 46.5 Å². The fourth-order valence-electron chi connectivity index (χ4n) is 4.51. The molecule has 0 spiro atoms. The molecule has 0 aliphatic rings. The van der Waals surface area contributed by atoms with E-state index in [1.165, 1.54) is 16.5 Å². The predicted molar refractivity (Wildman–Crippen MR) is 135 cm³/mol. The van der Waals surface area contributed by atoms with Crippen LogP contribution in [0.25, 0.3) is 27.5 Å². The maximum atomic E-state index is 6.12. The molecule has 4 aromatic carbocycles. The molecule has 5 aromatic rings. The highest BCUT2D eigenvalue weighted by Gasteiger charge is 2.14. The van der Waals surface area contributed by atoms with Crippen LogP contribution in [-0.2, 0) is 17.6 Å². The summed E-state index contributed by atoms with van der Waals surface area (Å²) in [6.45, 7) is 3.14. The largest absolute Gasteiger partial charge is 0.491 e. The summed E-state index contributed by atoms with van der Waals surface area (Å²) in [5.74, 6) is 1.86. The summed E-state index contributed by atoms with van der Waals surface area (Å²) in [6.07, 6.45) is 1.93. The van der Waals surface area contributed by atoms with Gasteiger partial charge in [0.05, 0.1) is 17.6 Å². The van der Waals surface area contributed by atoms with Crippen LogP contribution in [-0.4, -0.2) is 29.9 Å². The lowest BCUT2D eigenvalue weighted by molar-refractivity contribution is 0.147. The first kappa shape index (κ1) is 21.2. The van der Waals surface area contributed by atoms with Gasteiger partial charge in [0.2, 0.25) is 0 Å². The smallest absolute Gasteiger partial charge is 0.127 e. The van der Waals surface area contributed by atoms with Crippen LogP contribution < -0.4 is 4.74 Å². The van der Waals surface area contributed by atoms with Gasteiger partial charge in [-0.3, -0.25) is 4.57 Å². The van der Waals surface area contributed by atoms with E-state index in [1.807, 2.05) is 12.1 Å². The third-order valence-corrected chi connectivity index (χ3v) is 6.08. The van der Waals surface area contributed by atoms with Crippen molar-refractivity contribution in [3.63, 3.8) is 0 Å². The Bertz CT molecular complexity index is 1390. The molecule has 0 atom stereocenters.